The number of carbonyl (C=O) groups excluding carboxylic acids is 3. The molecule has 8 heteroatoms. The Morgan fingerprint density at radius 1 is 0.927 bits per heavy atom. The van der Waals surface area contributed by atoms with Gasteiger partial charge in [-0.3, -0.25) is 9.59 Å². The molecule has 2 aromatic rings. The quantitative estimate of drug-likeness (QED) is 0.308. The molecular weight excluding hydrogens is 540 g/mol. The monoisotopic (exact) mass is 584 g/mol. The second-order valence-corrected chi connectivity index (χ2v) is 13.5. The van der Waals surface area contributed by atoms with Gasteiger partial charge in [-0.25, -0.2) is 4.79 Å². The largest absolute Gasteiger partial charge is 0.460 e. The molecule has 7 nitrogen and oxygen atoms in total. The van der Waals surface area contributed by atoms with E-state index in [2.05, 4.69) is 12.1 Å². The molecule has 0 fully saturated rings. The summed E-state index contributed by atoms with van der Waals surface area (Å²) in [7, 11) is 3.43. The van der Waals surface area contributed by atoms with Crippen LogP contribution in [0.25, 0.3) is 0 Å². The molecule has 41 heavy (non-hydrogen) atoms. The topological polar surface area (TPSA) is 76.2 Å². The van der Waals surface area contributed by atoms with Crippen molar-refractivity contribution in [3.05, 3.63) is 70.2 Å². The van der Waals surface area contributed by atoms with E-state index in [1.807, 2.05) is 77.9 Å². The van der Waals surface area contributed by atoms with Crippen LogP contribution < -0.4 is 0 Å². The number of nitrogens with zero attached hydrogens (tertiary/aromatic N) is 2. The van der Waals surface area contributed by atoms with Crippen molar-refractivity contribution in [3.8, 4) is 0 Å². The molecule has 1 aliphatic carbocycles. The van der Waals surface area contributed by atoms with Crippen LogP contribution in [-0.2, 0) is 31.9 Å². The predicted molar refractivity (Wildman–Crippen MR) is 162 cm³/mol. The van der Waals surface area contributed by atoms with Gasteiger partial charge in [-0.1, -0.05) is 48.0 Å². The number of hydrogen-bond donors (Lipinski definition) is 0. The molecule has 3 rings (SSSR count). The summed E-state index contributed by atoms with van der Waals surface area (Å²) in [4.78, 5) is 43.4. The van der Waals surface area contributed by atoms with Crippen LogP contribution in [0.15, 0.2) is 48.5 Å². The first-order chi connectivity index (χ1) is 19.0. The molecule has 224 valence electrons. The highest BCUT2D eigenvalue weighted by atomic mass is 35.5. The van der Waals surface area contributed by atoms with Crippen LogP contribution in [0, 0.1) is 5.92 Å². The van der Waals surface area contributed by atoms with Gasteiger partial charge in [0.2, 0.25) is 5.91 Å². The molecule has 0 bridgehead atoms. The van der Waals surface area contributed by atoms with E-state index in [4.69, 9.17) is 21.1 Å². The molecule has 0 aliphatic heterocycles. The summed E-state index contributed by atoms with van der Waals surface area (Å²) < 4.78 is 11.3. The van der Waals surface area contributed by atoms with Gasteiger partial charge >= 0.3 is 12.1 Å². The van der Waals surface area contributed by atoms with Gasteiger partial charge in [0.25, 0.3) is 0 Å². The lowest BCUT2D eigenvalue weighted by molar-refractivity contribution is -0.158. The fourth-order valence-electron chi connectivity index (χ4n) is 5.36. The van der Waals surface area contributed by atoms with Gasteiger partial charge in [0.1, 0.15) is 11.2 Å². The number of rotatable bonds is 9. The number of benzene rings is 2. The zero-order chi connectivity index (χ0) is 30.5. The van der Waals surface area contributed by atoms with Gasteiger partial charge in [-0.05, 0) is 95.5 Å². The van der Waals surface area contributed by atoms with E-state index in [-0.39, 0.29) is 30.8 Å². The Balaban J connectivity index is 1.88. The van der Waals surface area contributed by atoms with Crippen molar-refractivity contribution in [1.82, 2.24) is 9.80 Å². The Labute approximate surface area is 250 Å². The van der Waals surface area contributed by atoms with Crippen molar-refractivity contribution in [2.24, 2.45) is 5.92 Å². The maximum atomic E-state index is 14.2. The van der Waals surface area contributed by atoms with Crippen molar-refractivity contribution in [3.63, 3.8) is 0 Å². The van der Waals surface area contributed by atoms with Crippen LogP contribution in [0.1, 0.15) is 77.0 Å². The molecule has 0 saturated heterocycles. The number of halogens is 1. The Bertz CT molecular complexity index is 1220. The summed E-state index contributed by atoms with van der Waals surface area (Å²) in [5.41, 5.74) is 2.00. The minimum absolute atomic E-state index is 0.0107. The van der Waals surface area contributed by atoms with E-state index in [0.717, 1.165) is 24.0 Å². The van der Waals surface area contributed by atoms with Gasteiger partial charge in [-0.2, -0.15) is 0 Å². The van der Waals surface area contributed by atoms with E-state index in [9.17, 15) is 14.4 Å². The Hall–Kier alpha value is -3.06. The summed E-state index contributed by atoms with van der Waals surface area (Å²) in [5.74, 6) is -1.21. The highest BCUT2D eigenvalue weighted by molar-refractivity contribution is 6.30. The number of carbonyl (C=O) groups is 3. The Morgan fingerprint density at radius 2 is 1.54 bits per heavy atom. The number of ether oxygens (including phenoxy) is 2. The first-order valence-electron chi connectivity index (χ1n) is 14.3. The van der Waals surface area contributed by atoms with Gasteiger partial charge in [0.15, 0.2) is 0 Å². The second-order valence-electron chi connectivity index (χ2n) is 13.0. The van der Waals surface area contributed by atoms with Crippen LogP contribution in [0.5, 0.6) is 0 Å². The maximum Gasteiger partial charge on any atom is 0.410 e. The minimum Gasteiger partial charge on any atom is -0.460 e. The van der Waals surface area contributed by atoms with Crippen molar-refractivity contribution < 1.29 is 23.9 Å². The maximum absolute atomic E-state index is 14.2. The van der Waals surface area contributed by atoms with Gasteiger partial charge in [0.05, 0.1) is 18.4 Å². The minimum atomic E-state index is -0.660. The number of hydrogen-bond acceptors (Lipinski definition) is 5. The summed E-state index contributed by atoms with van der Waals surface area (Å²) in [6.07, 6.45) is 1.67. The first-order valence-corrected chi connectivity index (χ1v) is 14.7. The molecular formula is C33H45ClN2O5. The molecule has 0 saturated carbocycles. The number of aryl methyl sites for hydroxylation is 1. The lowest BCUT2D eigenvalue weighted by Crippen LogP contribution is -2.49. The zero-order valence-electron chi connectivity index (χ0n) is 25.7. The lowest BCUT2D eigenvalue weighted by atomic mass is 9.83. The molecule has 0 aromatic heterocycles. The number of likely N-dealkylation sites (N-methyl/N-ethyl adjacent to an activating group) is 2. The summed E-state index contributed by atoms with van der Waals surface area (Å²) in [6, 6.07) is 15.2. The second kappa shape index (κ2) is 13.3. The molecule has 0 heterocycles. The number of fused-ring (bicyclic) bond motifs is 1. The average Bonchev–Trinajstić information content (AvgIpc) is 3.29. The summed E-state index contributed by atoms with van der Waals surface area (Å²) in [6.45, 7) is 11.2. The summed E-state index contributed by atoms with van der Waals surface area (Å²) >= 11 is 6.10. The smallest absolute Gasteiger partial charge is 0.410 e. The first kappa shape index (κ1) is 32.5. The molecule has 1 aliphatic rings. The van der Waals surface area contributed by atoms with Crippen LogP contribution in [-0.4, -0.2) is 65.7 Å². The van der Waals surface area contributed by atoms with Crippen molar-refractivity contribution in [2.75, 3.05) is 20.6 Å². The zero-order valence-corrected chi connectivity index (χ0v) is 26.5. The molecule has 0 unspecified atom stereocenters. The van der Waals surface area contributed by atoms with E-state index in [1.54, 1.807) is 23.9 Å². The predicted octanol–water partition coefficient (Wildman–Crippen LogP) is 6.65. The van der Waals surface area contributed by atoms with Crippen LogP contribution in [0.3, 0.4) is 0 Å². The fraction of sp³-hybridized carbons (Fsp3) is 0.545. The molecule has 2 aromatic carbocycles. The highest BCUT2D eigenvalue weighted by Gasteiger charge is 2.39. The third-order valence-corrected chi connectivity index (χ3v) is 7.52. The molecule has 0 spiro atoms. The highest BCUT2D eigenvalue weighted by Crippen LogP contribution is 2.41. The lowest BCUT2D eigenvalue weighted by Gasteiger charge is -2.35. The number of esters is 1. The van der Waals surface area contributed by atoms with Gasteiger partial charge in [-0.15, -0.1) is 0 Å². The Morgan fingerprint density at radius 3 is 2.15 bits per heavy atom. The molecule has 0 N–H and O–H groups in total. The van der Waals surface area contributed by atoms with Crippen LogP contribution in [0.2, 0.25) is 5.02 Å². The normalized spacial score (nSPS) is 16.4. The standard InChI is InChI=1S/C33H45ClN2O5/c1-32(2,3)40-29(37)20-28(27-18-15-23-11-9-10-12-26(23)27)30(38)35(7)21-25(19-22-13-16-24(34)17-14-22)36(8)31(39)41-33(4,5)6/h9-14,16-17,25,27-28H,15,18-21H2,1-8H3/t25-,27+,28+/m1/s1. The molecule has 2 amide bonds. The van der Waals surface area contributed by atoms with Crippen molar-refractivity contribution in [1.29, 1.82) is 0 Å². The van der Waals surface area contributed by atoms with E-state index < -0.39 is 29.2 Å². The molecule has 3 atom stereocenters. The third-order valence-electron chi connectivity index (χ3n) is 7.26. The van der Waals surface area contributed by atoms with E-state index in [1.165, 1.54) is 5.56 Å². The van der Waals surface area contributed by atoms with Crippen molar-refractivity contribution in [2.45, 2.75) is 90.4 Å². The third kappa shape index (κ3) is 9.49. The van der Waals surface area contributed by atoms with Crippen LogP contribution >= 0.6 is 11.6 Å². The SMILES string of the molecule is CN(C[C@@H](Cc1ccc(Cl)cc1)N(C)C(=O)OC(C)(C)C)C(=O)[C@@H](CC(=O)OC(C)(C)C)[C@H]1CCc2ccccc21. The van der Waals surface area contributed by atoms with Gasteiger partial charge in [0, 0.05) is 25.7 Å². The Kier molecular flexibility index (Phi) is 10.5. The van der Waals surface area contributed by atoms with E-state index in [0.29, 0.717) is 11.4 Å². The average molecular weight is 585 g/mol. The summed E-state index contributed by atoms with van der Waals surface area (Å²) in [5, 5.41) is 0.625. The van der Waals surface area contributed by atoms with Gasteiger partial charge < -0.3 is 19.3 Å². The van der Waals surface area contributed by atoms with Crippen molar-refractivity contribution >= 4 is 29.6 Å². The molecule has 0 radical (unpaired) electrons. The fourth-order valence-corrected chi connectivity index (χ4v) is 5.49. The van der Waals surface area contributed by atoms with E-state index >= 15 is 0 Å². The van der Waals surface area contributed by atoms with Crippen LogP contribution in [0.4, 0.5) is 4.79 Å². The number of amides is 2.